The fraction of sp³-hybridized carbons (Fsp3) is 0.429. The molecule has 1 saturated heterocycles. The van der Waals surface area contributed by atoms with E-state index in [1.807, 2.05) is 35.6 Å². The van der Waals surface area contributed by atoms with Crippen LogP contribution in [0, 0.1) is 6.92 Å². The van der Waals surface area contributed by atoms with Gasteiger partial charge in [0.05, 0.1) is 10.9 Å². The zero-order chi connectivity index (χ0) is 20.1. The molecule has 0 bridgehead atoms. The Bertz CT molecular complexity index is 974. The van der Waals surface area contributed by atoms with Crippen molar-refractivity contribution in [2.24, 2.45) is 0 Å². The molecule has 7 heteroatoms. The van der Waals surface area contributed by atoms with Crippen molar-refractivity contribution in [2.75, 3.05) is 6.54 Å². The van der Waals surface area contributed by atoms with Crippen LogP contribution in [0.5, 0.6) is 0 Å². The second-order valence-corrected chi connectivity index (χ2v) is 11.2. The summed E-state index contributed by atoms with van der Waals surface area (Å²) < 4.78 is 28.3. The molecule has 1 fully saturated rings. The van der Waals surface area contributed by atoms with E-state index in [1.165, 1.54) is 9.18 Å². The minimum absolute atomic E-state index is 0.0685. The summed E-state index contributed by atoms with van der Waals surface area (Å²) in [4.78, 5) is 7.80. The maximum atomic E-state index is 13.4. The van der Waals surface area contributed by atoms with Crippen molar-refractivity contribution in [1.82, 2.24) is 9.37 Å². The van der Waals surface area contributed by atoms with Crippen molar-refractivity contribution in [1.29, 1.82) is 0 Å². The highest BCUT2D eigenvalue weighted by Gasteiger charge is 2.50. The summed E-state index contributed by atoms with van der Waals surface area (Å²) in [6.45, 7) is 8.63. The first-order chi connectivity index (χ1) is 13.2. The molecular formula is C21H26N2O3S2. The van der Waals surface area contributed by atoms with Gasteiger partial charge in [0.2, 0.25) is 10.0 Å². The molecule has 2 aliphatic rings. The third-order valence-electron chi connectivity index (χ3n) is 5.14. The van der Waals surface area contributed by atoms with Gasteiger partial charge in [-0.15, -0.1) is 11.3 Å². The van der Waals surface area contributed by atoms with Gasteiger partial charge in [0.15, 0.2) is 6.23 Å². The molecule has 0 radical (unpaired) electrons. The summed E-state index contributed by atoms with van der Waals surface area (Å²) in [6.07, 6.45) is 2.23. The van der Waals surface area contributed by atoms with Crippen LogP contribution in [0.4, 0.5) is 0 Å². The maximum absolute atomic E-state index is 13.4. The lowest BCUT2D eigenvalue weighted by atomic mass is 9.98. The smallest absolute Gasteiger partial charge is 0.245 e. The lowest BCUT2D eigenvalue weighted by Crippen LogP contribution is -2.45. The molecule has 28 heavy (non-hydrogen) atoms. The molecule has 2 aromatic rings. The molecule has 3 heterocycles. The molecule has 0 amide bonds. The van der Waals surface area contributed by atoms with E-state index in [1.54, 1.807) is 23.5 Å². The fourth-order valence-electron chi connectivity index (χ4n) is 3.77. The molecule has 5 nitrogen and oxygen atoms in total. The van der Waals surface area contributed by atoms with E-state index in [0.29, 0.717) is 17.9 Å². The molecular weight excluding hydrogens is 392 g/mol. The van der Waals surface area contributed by atoms with E-state index in [2.05, 4.69) is 32.9 Å². The Hall–Kier alpha value is -1.51. The highest BCUT2D eigenvalue weighted by Crippen LogP contribution is 2.47. The third-order valence-corrected chi connectivity index (χ3v) is 7.93. The molecule has 4 rings (SSSR count). The Kier molecular flexibility index (Phi) is 5.00. The van der Waals surface area contributed by atoms with Gasteiger partial charge >= 0.3 is 0 Å². The van der Waals surface area contributed by atoms with Gasteiger partial charge < -0.3 is 0 Å². The summed E-state index contributed by atoms with van der Waals surface area (Å²) in [6, 6.07) is 11.1. The van der Waals surface area contributed by atoms with Crippen molar-refractivity contribution >= 4 is 21.4 Å². The van der Waals surface area contributed by atoms with Crippen LogP contribution in [0.25, 0.3) is 0 Å². The van der Waals surface area contributed by atoms with E-state index in [9.17, 15) is 8.42 Å². The second kappa shape index (κ2) is 7.07. The van der Waals surface area contributed by atoms with Crippen LogP contribution in [-0.4, -0.2) is 36.1 Å². The number of fused-ring (bicyclic) bond motifs is 1. The van der Waals surface area contributed by atoms with Crippen LogP contribution in [0.15, 0.2) is 58.3 Å². The van der Waals surface area contributed by atoms with Crippen molar-refractivity contribution in [2.45, 2.75) is 56.8 Å². The topological polar surface area (TPSA) is 49.9 Å². The van der Waals surface area contributed by atoms with Gasteiger partial charge in [-0.3, -0.25) is 4.84 Å². The quantitative estimate of drug-likeness (QED) is 0.689. The number of hydroxylamine groups is 2. The monoisotopic (exact) mass is 418 g/mol. The number of thiophene rings is 1. The number of rotatable bonds is 3. The summed E-state index contributed by atoms with van der Waals surface area (Å²) in [7, 11) is -3.65. The Balaban J connectivity index is 1.75. The van der Waals surface area contributed by atoms with Crippen molar-refractivity contribution in [3.63, 3.8) is 0 Å². The van der Waals surface area contributed by atoms with Gasteiger partial charge in [-0.05, 0) is 63.3 Å². The largest absolute Gasteiger partial charge is 0.273 e. The predicted molar refractivity (Wildman–Crippen MR) is 111 cm³/mol. The van der Waals surface area contributed by atoms with Gasteiger partial charge in [0, 0.05) is 17.0 Å². The first-order valence-electron chi connectivity index (χ1n) is 9.47. The zero-order valence-electron chi connectivity index (χ0n) is 16.6. The Morgan fingerprint density at radius 1 is 1.14 bits per heavy atom. The summed E-state index contributed by atoms with van der Waals surface area (Å²) in [5.74, 6) is 0. The average molecular weight is 419 g/mol. The van der Waals surface area contributed by atoms with Gasteiger partial charge in [-0.25, -0.2) is 8.42 Å². The maximum Gasteiger partial charge on any atom is 0.245 e. The highest BCUT2D eigenvalue weighted by molar-refractivity contribution is 7.89. The molecule has 0 saturated carbocycles. The SMILES string of the molecule is Cc1ccc(S(=O)(=O)N2CCC=C3[C@H](c4cccs4)N(C(C)(C)C)O[C@@H]32)cc1. The van der Waals surface area contributed by atoms with Crippen LogP contribution in [-0.2, 0) is 14.9 Å². The van der Waals surface area contributed by atoms with Crippen LogP contribution < -0.4 is 0 Å². The van der Waals surface area contributed by atoms with Gasteiger partial charge in [-0.1, -0.05) is 29.8 Å². The Morgan fingerprint density at radius 3 is 2.46 bits per heavy atom. The first kappa shape index (κ1) is 19.8. The lowest BCUT2D eigenvalue weighted by Gasteiger charge is -2.34. The predicted octanol–water partition coefficient (Wildman–Crippen LogP) is 4.49. The molecule has 0 aliphatic carbocycles. The molecule has 0 N–H and O–H groups in total. The summed E-state index contributed by atoms with van der Waals surface area (Å²) >= 11 is 1.67. The fourth-order valence-corrected chi connectivity index (χ4v) is 6.11. The van der Waals surface area contributed by atoms with E-state index >= 15 is 0 Å². The second-order valence-electron chi connectivity index (χ2n) is 8.29. The number of aryl methyl sites for hydroxylation is 1. The van der Waals surface area contributed by atoms with Crippen LogP contribution >= 0.6 is 11.3 Å². The van der Waals surface area contributed by atoms with Crippen LogP contribution in [0.2, 0.25) is 0 Å². The molecule has 0 unspecified atom stereocenters. The number of nitrogens with zero attached hydrogens (tertiary/aromatic N) is 2. The minimum Gasteiger partial charge on any atom is -0.273 e. The third kappa shape index (κ3) is 3.35. The molecule has 1 aromatic heterocycles. The summed E-state index contributed by atoms with van der Waals surface area (Å²) in [5.41, 5.74) is 1.78. The van der Waals surface area contributed by atoms with E-state index in [0.717, 1.165) is 11.1 Å². The Morgan fingerprint density at radius 2 is 1.86 bits per heavy atom. The Labute approximate surface area is 171 Å². The first-order valence-corrected chi connectivity index (χ1v) is 11.8. The average Bonchev–Trinajstić information content (AvgIpc) is 3.28. The van der Waals surface area contributed by atoms with Crippen LogP contribution in [0.3, 0.4) is 0 Å². The minimum atomic E-state index is -3.65. The van der Waals surface area contributed by atoms with E-state index in [-0.39, 0.29) is 11.6 Å². The normalized spacial score (nSPS) is 24.2. The van der Waals surface area contributed by atoms with Crippen molar-refractivity contribution in [3.8, 4) is 0 Å². The number of hydrogen-bond acceptors (Lipinski definition) is 5. The molecule has 0 spiro atoms. The van der Waals surface area contributed by atoms with Crippen molar-refractivity contribution < 1.29 is 13.3 Å². The molecule has 2 aliphatic heterocycles. The van der Waals surface area contributed by atoms with Gasteiger partial charge in [-0.2, -0.15) is 9.37 Å². The number of hydrogen-bond donors (Lipinski definition) is 0. The molecule has 1 aromatic carbocycles. The number of sulfonamides is 1. The number of benzene rings is 1. The highest BCUT2D eigenvalue weighted by atomic mass is 32.2. The van der Waals surface area contributed by atoms with E-state index < -0.39 is 16.3 Å². The lowest BCUT2D eigenvalue weighted by molar-refractivity contribution is -0.230. The van der Waals surface area contributed by atoms with Gasteiger partial charge in [0.1, 0.15) is 0 Å². The van der Waals surface area contributed by atoms with Crippen molar-refractivity contribution in [3.05, 3.63) is 63.9 Å². The van der Waals surface area contributed by atoms with Crippen LogP contribution in [0.1, 0.15) is 43.7 Å². The van der Waals surface area contributed by atoms with E-state index in [4.69, 9.17) is 4.84 Å². The van der Waals surface area contributed by atoms with Gasteiger partial charge in [0.25, 0.3) is 0 Å². The standard InChI is InChI=1S/C21H26N2O3S2/c1-15-9-11-16(12-10-15)28(24,25)22-13-5-7-17-19(18-8-6-14-27-18)23(21(2,3)4)26-20(17)22/h6-12,14,19-20H,5,13H2,1-4H3/t19-,20+/m1/s1. The molecule has 150 valence electrons. The zero-order valence-corrected chi connectivity index (χ0v) is 18.3. The molecule has 2 atom stereocenters. The summed E-state index contributed by atoms with van der Waals surface area (Å²) in [5, 5.41) is 4.01.